The van der Waals surface area contributed by atoms with Crippen molar-refractivity contribution in [2.75, 3.05) is 13.1 Å². The first kappa shape index (κ1) is 14.0. The molecule has 0 saturated heterocycles. The zero-order chi connectivity index (χ0) is 12.8. The van der Waals surface area contributed by atoms with Crippen molar-refractivity contribution in [3.05, 3.63) is 16.4 Å². The highest BCUT2D eigenvalue weighted by Gasteiger charge is 2.10. The van der Waals surface area contributed by atoms with E-state index in [2.05, 4.69) is 15.7 Å². The highest BCUT2D eigenvalue weighted by Crippen LogP contribution is 2.17. The molecule has 0 saturated carbocycles. The largest absolute Gasteiger partial charge is 0.355 e. The van der Waals surface area contributed by atoms with Gasteiger partial charge in [0.05, 0.1) is 12.2 Å². The second-order valence-electron chi connectivity index (χ2n) is 3.93. The Kier molecular flexibility index (Phi) is 5.44. The molecule has 0 unspecified atom stereocenters. The van der Waals surface area contributed by atoms with E-state index in [1.807, 2.05) is 13.8 Å². The first-order valence-electron chi connectivity index (χ1n) is 5.71. The first-order chi connectivity index (χ1) is 8.06. The minimum atomic E-state index is 0.00418. The molecule has 1 heterocycles. The van der Waals surface area contributed by atoms with Crippen molar-refractivity contribution < 1.29 is 4.79 Å². The normalized spacial score (nSPS) is 10.6. The van der Waals surface area contributed by atoms with E-state index >= 15 is 0 Å². The monoisotopic (exact) mass is 258 g/mol. The number of rotatable bonds is 6. The molecule has 6 heteroatoms. The topological polar surface area (TPSA) is 59.0 Å². The quantitative estimate of drug-likeness (QED) is 0.800. The maximum atomic E-state index is 11.3. The van der Waals surface area contributed by atoms with Gasteiger partial charge in [-0.05, 0) is 13.3 Å². The summed E-state index contributed by atoms with van der Waals surface area (Å²) in [5, 5.41) is 10.7. The van der Waals surface area contributed by atoms with Gasteiger partial charge in [0.2, 0.25) is 5.91 Å². The molecular formula is C11H19ClN4O. The van der Waals surface area contributed by atoms with E-state index in [9.17, 15) is 4.79 Å². The van der Waals surface area contributed by atoms with Gasteiger partial charge in [0, 0.05) is 25.7 Å². The average molecular weight is 259 g/mol. The maximum Gasteiger partial charge on any atom is 0.233 e. The highest BCUT2D eigenvalue weighted by atomic mass is 35.5. The number of hydrogen-bond acceptors (Lipinski definition) is 3. The Balaban J connectivity index is 2.38. The van der Waals surface area contributed by atoms with Crippen LogP contribution in [0.4, 0.5) is 0 Å². The predicted molar refractivity (Wildman–Crippen MR) is 68.0 cm³/mol. The molecule has 0 bridgehead atoms. The fraction of sp³-hybridized carbons (Fsp3) is 0.636. The molecule has 0 aromatic carbocycles. The Hall–Kier alpha value is -1.07. The Morgan fingerprint density at radius 2 is 2.24 bits per heavy atom. The molecule has 1 aromatic heterocycles. The molecule has 1 rings (SSSR count). The third-order valence-electron chi connectivity index (χ3n) is 2.43. The van der Waals surface area contributed by atoms with Crippen molar-refractivity contribution in [2.45, 2.75) is 26.8 Å². The van der Waals surface area contributed by atoms with Gasteiger partial charge in [-0.15, -0.1) is 0 Å². The van der Waals surface area contributed by atoms with Crippen LogP contribution in [0.3, 0.4) is 0 Å². The molecule has 0 aliphatic carbocycles. The molecule has 0 spiro atoms. The Morgan fingerprint density at radius 3 is 2.76 bits per heavy atom. The molecule has 2 N–H and O–H groups in total. The van der Waals surface area contributed by atoms with Crippen LogP contribution < -0.4 is 10.6 Å². The van der Waals surface area contributed by atoms with Crippen molar-refractivity contribution in [2.24, 2.45) is 7.05 Å². The van der Waals surface area contributed by atoms with Crippen LogP contribution in [0.2, 0.25) is 5.15 Å². The minimum absolute atomic E-state index is 0.00418. The fourth-order valence-corrected chi connectivity index (χ4v) is 1.74. The lowest BCUT2D eigenvalue weighted by Crippen LogP contribution is -2.34. The second kappa shape index (κ2) is 6.61. The maximum absolute atomic E-state index is 11.3. The summed E-state index contributed by atoms with van der Waals surface area (Å²) in [6.45, 7) is 5.49. The van der Waals surface area contributed by atoms with Crippen LogP contribution >= 0.6 is 11.6 Å². The predicted octanol–water partition coefficient (Wildman–Crippen LogP) is 0.998. The van der Waals surface area contributed by atoms with Gasteiger partial charge in [0.15, 0.2) is 0 Å². The third-order valence-corrected chi connectivity index (χ3v) is 2.90. The lowest BCUT2D eigenvalue weighted by molar-refractivity contribution is -0.120. The van der Waals surface area contributed by atoms with Crippen molar-refractivity contribution >= 4 is 17.5 Å². The van der Waals surface area contributed by atoms with Gasteiger partial charge in [-0.25, -0.2) is 0 Å². The smallest absolute Gasteiger partial charge is 0.233 e. The summed E-state index contributed by atoms with van der Waals surface area (Å²) in [6.07, 6.45) is 0.944. The molecule has 0 aliphatic heterocycles. The highest BCUT2D eigenvalue weighted by molar-refractivity contribution is 6.30. The van der Waals surface area contributed by atoms with E-state index in [0.717, 1.165) is 17.7 Å². The molecule has 0 radical (unpaired) electrons. The summed E-state index contributed by atoms with van der Waals surface area (Å²) in [4.78, 5) is 11.3. The number of nitrogens with one attached hydrogen (secondary N) is 2. The van der Waals surface area contributed by atoms with E-state index in [4.69, 9.17) is 11.6 Å². The fourth-order valence-electron chi connectivity index (χ4n) is 1.50. The van der Waals surface area contributed by atoms with Gasteiger partial charge in [0.25, 0.3) is 0 Å². The van der Waals surface area contributed by atoms with E-state index in [0.29, 0.717) is 24.8 Å². The molecular weight excluding hydrogens is 240 g/mol. The molecule has 0 atom stereocenters. The van der Waals surface area contributed by atoms with Crippen molar-refractivity contribution in [1.29, 1.82) is 0 Å². The molecule has 1 amide bonds. The summed E-state index contributed by atoms with van der Waals surface area (Å²) in [6, 6.07) is 0. The van der Waals surface area contributed by atoms with Crippen LogP contribution in [-0.4, -0.2) is 28.8 Å². The molecule has 0 aliphatic rings. The van der Waals surface area contributed by atoms with Gasteiger partial charge in [-0.3, -0.25) is 9.48 Å². The van der Waals surface area contributed by atoms with Gasteiger partial charge < -0.3 is 10.6 Å². The van der Waals surface area contributed by atoms with Crippen LogP contribution in [0.15, 0.2) is 0 Å². The SMILES string of the molecule is CCCNC(=O)CNCc1c(C)nn(C)c1Cl. The Labute approximate surface area is 107 Å². The van der Waals surface area contributed by atoms with Crippen molar-refractivity contribution in [3.8, 4) is 0 Å². The van der Waals surface area contributed by atoms with Crippen LogP contribution in [0.1, 0.15) is 24.6 Å². The minimum Gasteiger partial charge on any atom is -0.355 e. The molecule has 5 nitrogen and oxygen atoms in total. The van der Waals surface area contributed by atoms with Gasteiger partial charge in [0.1, 0.15) is 5.15 Å². The van der Waals surface area contributed by atoms with Crippen LogP contribution in [-0.2, 0) is 18.4 Å². The van der Waals surface area contributed by atoms with Crippen LogP contribution in [0.25, 0.3) is 0 Å². The first-order valence-corrected chi connectivity index (χ1v) is 6.09. The summed E-state index contributed by atoms with van der Waals surface area (Å²) in [5.41, 5.74) is 1.83. The van der Waals surface area contributed by atoms with E-state index in [1.54, 1.807) is 11.7 Å². The zero-order valence-electron chi connectivity index (χ0n) is 10.5. The molecule has 96 valence electrons. The van der Waals surface area contributed by atoms with E-state index in [1.165, 1.54) is 0 Å². The van der Waals surface area contributed by atoms with Crippen molar-refractivity contribution in [1.82, 2.24) is 20.4 Å². The number of aromatic nitrogens is 2. The molecule has 0 fully saturated rings. The zero-order valence-corrected chi connectivity index (χ0v) is 11.3. The summed E-state index contributed by atoms with van der Waals surface area (Å²) in [5.74, 6) is 0.00418. The molecule has 17 heavy (non-hydrogen) atoms. The average Bonchev–Trinajstić information content (AvgIpc) is 2.53. The number of aryl methyl sites for hydroxylation is 2. The standard InChI is InChI=1S/C11H19ClN4O/c1-4-5-14-10(17)7-13-6-9-8(2)15-16(3)11(9)12/h13H,4-7H2,1-3H3,(H,14,17). The number of carbonyl (C=O) groups excluding carboxylic acids is 1. The lowest BCUT2D eigenvalue weighted by Gasteiger charge is -2.05. The number of carbonyl (C=O) groups is 1. The Bertz CT molecular complexity index is 389. The number of halogens is 1. The number of hydrogen-bond donors (Lipinski definition) is 2. The Morgan fingerprint density at radius 1 is 1.53 bits per heavy atom. The molecule has 1 aromatic rings. The second-order valence-corrected chi connectivity index (χ2v) is 4.29. The summed E-state index contributed by atoms with van der Waals surface area (Å²) in [7, 11) is 1.80. The number of amides is 1. The van der Waals surface area contributed by atoms with Gasteiger partial charge in [-0.2, -0.15) is 5.10 Å². The van der Waals surface area contributed by atoms with Crippen molar-refractivity contribution in [3.63, 3.8) is 0 Å². The van der Waals surface area contributed by atoms with Crippen LogP contribution in [0, 0.1) is 6.92 Å². The summed E-state index contributed by atoms with van der Waals surface area (Å²) >= 11 is 6.07. The van der Waals surface area contributed by atoms with E-state index < -0.39 is 0 Å². The third kappa shape index (κ3) is 4.02. The van der Waals surface area contributed by atoms with Gasteiger partial charge >= 0.3 is 0 Å². The van der Waals surface area contributed by atoms with Gasteiger partial charge in [-0.1, -0.05) is 18.5 Å². The lowest BCUT2D eigenvalue weighted by atomic mass is 10.2. The number of nitrogens with zero attached hydrogens (tertiary/aromatic N) is 2. The van der Waals surface area contributed by atoms with Crippen LogP contribution in [0.5, 0.6) is 0 Å². The van der Waals surface area contributed by atoms with E-state index in [-0.39, 0.29) is 5.91 Å². The summed E-state index contributed by atoms with van der Waals surface area (Å²) < 4.78 is 1.63.